The summed E-state index contributed by atoms with van der Waals surface area (Å²) < 4.78 is 5.42. The molecule has 0 atom stereocenters. The summed E-state index contributed by atoms with van der Waals surface area (Å²) in [6, 6.07) is 1.54. The van der Waals surface area contributed by atoms with Gasteiger partial charge in [-0.3, -0.25) is 4.79 Å². The monoisotopic (exact) mass is 249 g/mol. The largest absolute Gasteiger partial charge is 0.480 e. The van der Waals surface area contributed by atoms with Crippen molar-refractivity contribution in [3.63, 3.8) is 0 Å². The van der Waals surface area contributed by atoms with Gasteiger partial charge >= 0.3 is 0 Å². The molecule has 0 saturated heterocycles. The van der Waals surface area contributed by atoms with Crippen LogP contribution >= 0.6 is 27.5 Å². The second-order valence-electron chi connectivity index (χ2n) is 1.97. The van der Waals surface area contributed by atoms with E-state index in [1.165, 1.54) is 13.2 Å². The first-order valence-electron chi connectivity index (χ1n) is 3.04. The predicted molar refractivity (Wildman–Crippen MR) is 48.9 cm³/mol. The zero-order valence-corrected chi connectivity index (χ0v) is 8.52. The third kappa shape index (κ3) is 1.76. The Morgan fingerprint density at radius 1 is 1.75 bits per heavy atom. The lowest BCUT2D eigenvalue weighted by atomic mass is 10.3. The number of halogens is 2. The highest BCUT2D eigenvalue weighted by Gasteiger charge is 2.09. The number of pyridine rings is 1. The van der Waals surface area contributed by atoms with Gasteiger partial charge in [0.1, 0.15) is 5.15 Å². The minimum absolute atomic E-state index is 0.226. The Morgan fingerprint density at radius 3 is 2.92 bits per heavy atom. The third-order valence-electron chi connectivity index (χ3n) is 1.25. The molecule has 64 valence electrons. The Hall–Kier alpha value is -0.610. The fourth-order valence-corrected chi connectivity index (χ4v) is 1.53. The number of carbonyl (C=O) groups is 1. The highest BCUT2D eigenvalue weighted by molar-refractivity contribution is 9.10. The molecule has 0 aliphatic carbocycles. The van der Waals surface area contributed by atoms with Gasteiger partial charge in [0, 0.05) is 4.47 Å². The van der Waals surface area contributed by atoms with E-state index in [1.807, 2.05) is 0 Å². The summed E-state index contributed by atoms with van der Waals surface area (Å²) in [5.74, 6) is 0.226. The van der Waals surface area contributed by atoms with Crippen LogP contribution in [0.1, 0.15) is 10.4 Å². The van der Waals surface area contributed by atoms with Crippen molar-refractivity contribution in [2.75, 3.05) is 7.11 Å². The third-order valence-corrected chi connectivity index (χ3v) is 2.10. The van der Waals surface area contributed by atoms with Gasteiger partial charge in [0.25, 0.3) is 0 Å². The van der Waals surface area contributed by atoms with Crippen LogP contribution in [0.4, 0.5) is 0 Å². The molecular weight excluding hydrogens is 245 g/mol. The van der Waals surface area contributed by atoms with Crippen LogP contribution in [0.3, 0.4) is 0 Å². The zero-order valence-electron chi connectivity index (χ0n) is 6.17. The molecule has 0 aliphatic heterocycles. The van der Waals surface area contributed by atoms with Gasteiger partial charge in [0.05, 0.1) is 12.7 Å². The first-order valence-corrected chi connectivity index (χ1v) is 4.21. The van der Waals surface area contributed by atoms with Crippen molar-refractivity contribution in [2.24, 2.45) is 0 Å². The van der Waals surface area contributed by atoms with Crippen molar-refractivity contribution in [3.05, 3.63) is 21.3 Å². The summed E-state index contributed by atoms with van der Waals surface area (Å²) in [5, 5.41) is 0.282. The standard InChI is InChI=1S/C7H5BrClNO2/c1-12-7-4(3-11)5(8)2-6(9)10-7/h2-3H,1H3. The lowest BCUT2D eigenvalue weighted by molar-refractivity contribution is 0.111. The minimum Gasteiger partial charge on any atom is -0.480 e. The second-order valence-corrected chi connectivity index (χ2v) is 3.21. The van der Waals surface area contributed by atoms with Gasteiger partial charge < -0.3 is 4.74 Å². The molecule has 0 aromatic carbocycles. The summed E-state index contributed by atoms with van der Waals surface area (Å²) in [7, 11) is 1.43. The fourth-order valence-electron chi connectivity index (χ4n) is 0.736. The molecule has 3 nitrogen and oxygen atoms in total. The summed E-state index contributed by atoms with van der Waals surface area (Å²) >= 11 is 8.78. The molecule has 0 aliphatic rings. The van der Waals surface area contributed by atoms with Gasteiger partial charge in [-0.15, -0.1) is 0 Å². The van der Waals surface area contributed by atoms with Gasteiger partial charge in [-0.25, -0.2) is 4.98 Å². The molecule has 0 unspecified atom stereocenters. The van der Waals surface area contributed by atoms with Crippen LogP contribution in [0.25, 0.3) is 0 Å². The number of carbonyl (C=O) groups excluding carboxylic acids is 1. The average Bonchev–Trinajstić information content (AvgIpc) is 2.03. The summed E-state index contributed by atoms with van der Waals surface area (Å²) in [6.45, 7) is 0. The number of aldehydes is 1. The quantitative estimate of drug-likeness (QED) is 0.597. The van der Waals surface area contributed by atoms with Gasteiger partial charge in [-0.1, -0.05) is 11.6 Å². The van der Waals surface area contributed by atoms with E-state index < -0.39 is 0 Å². The number of hydrogen-bond acceptors (Lipinski definition) is 3. The Labute approximate surface area is 82.8 Å². The van der Waals surface area contributed by atoms with Crippen molar-refractivity contribution in [1.82, 2.24) is 4.98 Å². The lowest BCUT2D eigenvalue weighted by Crippen LogP contribution is -1.95. The molecular formula is C7H5BrClNO2. The van der Waals surface area contributed by atoms with Gasteiger partial charge in [-0.2, -0.15) is 0 Å². The number of rotatable bonds is 2. The van der Waals surface area contributed by atoms with Crippen LogP contribution in [0.2, 0.25) is 5.15 Å². The van der Waals surface area contributed by atoms with Crippen LogP contribution in [0.15, 0.2) is 10.5 Å². The number of ether oxygens (including phenoxy) is 1. The van der Waals surface area contributed by atoms with Gasteiger partial charge in [-0.05, 0) is 22.0 Å². The van der Waals surface area contributed by atoms with E-state index in [9.17, 15) is 4.79 Å². The molecule has 0 saturated carbocycles. The molecule has 12 heavy (non-hydrogen) atoms. The fraction of sp³-hybridized carbons (Fsp3) is 0.143. The lowest BCUT2D eigenvalue weighted by Gasteiger charge is -2.03. The highest BCUT2D eigenvalue weighted by Crippen LogP contribution is 2.25. The highest BCUT2D eigenvalue weighted by atomic mass is 79.9. The van der Waals surface area contributed by atoms with Crippen molar-refractivity contribution < 1.29 is 9.53 Å². The summed E-state index contributed by atoms with van der Waals surface area (Å²) in [4.78, 5) is 14.3. The Balaban J connectivity index is 3.33. The molecule has 1 aromatic rings. The zero-order chi connectivity index (χ0) is 9.14. The number of nitrogens with zero attached hydrogens (tertiary/aromatic N) is 1. The normalized spacial score (nSPS) is 9.58. The molecule has 1 rings (SSSR count). The van der Waals surface area contributed by atoms with Crippen molar-refractivity contribution in [2.45, 2.75) is 0 Å². The van der Waals surface area contributed by atoms with E-state index in [1.54, 1.807) is 0 Å². The van der Waals surface area contributed by atoms with E-state index in [-0.39, 0.29) is 11.0 Å². The van der Waals surface area contributed by atoms with Crippen molar-refractivity contribution >= 4 is 33.8 Å². The minimum atomic E-state index is 0.226. The maximum atomic E-state index is 10.5. The smallest absolute Gasteiger partial charge is 0.226 e. The van der Waals surface area contributed by atoms with Crippen LogP contribution in [-0.2, 0) is 0 Å². The number of aromatic nitrogens is 1. The maximum Gasteiger partial charge on any atom is 0.226 e. The van der Waals surface area contributed by atoms with E-state index in [2.05, 4.69) is 20.9 Å². The molecule has 0 bridgehead atoms. The summed E-state index contributed by atoms with van der Waals surface area (Å²) in [5.41, 5.74) is 0.363. The second kappa shape index (κ2) is 3.87. The van der Waals surface area contributed by atoms with E-state index >= 15 is 0 Å². The molecule has 0 spiro atoms. The van der Waals surface area contributed by atoms with E-state index in [0.29, 0.717) is 16.3 Å². The Morgan fingerprint density at radius 2 is 2.42 bits per heavy atom. The maximum absolute atomic E-state index is 10.5. The van der Waals surface area contributed by atoms with Crippen LogP contribution < -0.4 is 4.74 Å². The first-order chi connectivity index (χ1) is 5.69. The SMILES string of the molecule is COc1nc(Cl)cc(Br)c1C=O. The van der Waals surface area contributed by atoms with Crippen LogP contribution in [0, 0.1) is 0 Å². The first kappa shape index (κ1) is 9.48. The molecule has 5 heteroatoms. The van der Waals surface area contributed by atoms with Gasteiger partial charge in [0.15, 0.2) is 6.29 Å². The van der Waals surface area contributed by atoms with Gasteiger partial charge in [0.2, 0.25) is 5.88 Å². The molecule has 0 fully saturated rings. The summed E-state index contributed by atoms with van der Waals surface area (Å²) in [6.07, 6.45) is 0.659. The molecule has 0 radical (unpaired) electrons. The molecule has 1 aromatic heterocycles. The molecule has 1 heterocycles. The topological polar surface area (TPSA) is 39.2 Å². The Bertz CT molecular complexity index is 317. The van der Waals surface area contributed by atoms with E-state index in [4.69, 9.17) is 16.3 Å². The van der Waals surface area contributed by atoms with Crippen LogP contribution in [-0.4, -0.2) is 18.4 Å². The average molecular weight is 250 g/mol. The van der Waals surface area contributed by atoms with Crippen LogP contribution in [0.5, 0.6) is 5.88 Å². The molecule has 0 amide bonds. The van der Waals surface area contributed by atoms with Crippen molar-refractivity contribution in [3.8, 4) is 5.88 Å². The Kier molecular flexibility index (Phi) is 3.05. The predicted octanol–water partition coefficient (Wildman–Crippen LogP) is 2.32. The van der Waals surface area contributed by atoms with E-state index in [0.717, 1.165) is 0 Å². The van der Waals surface area contributed by atoms with Crippen molar-refractivity contribution in [1.29, 1.82) is 0 Å². The molecule has 0 N–H and O–H groups in total. The number of methoxy groups -OCH3 is 1. The number of hydrogen-bond donors (Lipinski definition) is 0.